The summed E-state index contributed by atoms with van der Waals surface area (Å²) in [6.45, 7) is 25.8. The molecule has 0 atom stereocenters. The molecule has 408 valence electrons. The van der Waals surface area contributed by atoms with E-state index in [-0.39, 0.29) is 29.3 Å². The minimum Gasteiger partial charge on any atom is -0.495 e. The molecule has 0 unspecified atom stereocenters. The first-order chi connectivity index (χ1) is 36.7. The van der Waals surface area contributed by atoms with Crippen molar-refractivity contribution in [2.75, 3.05) is 55.7 Å². The minimum atomic E-state index is -0.311. The van der Waals surface area contributed by atoms with Gasteiger partial charge in [-0.25, -0.2) is 9.97 Å². The molecule has 0 fully saturated rings. The summed E-state index contributed by atoms with van der Waals surface area (Å²) >= 11 is 0. The molecule has 3 N–H and O–H groups in total. The van der Waals surface area contributed by atoms with Crippen molar-refractivity contribution in [3.63, 3.8) is 0 Å². The first-order valence-electron chi connectivity index (χ1n) is 26.7. The number of hydrogen-bond acceptors (Lipinski definition) is 8. The molecule has 8 rings (SSSR count). The van der Waals surface area contributed by atoms with Gasteiger partial charge < -0.3 is 39.4 Å². The number of aromatic nitrogens is 4. The number of aryl methyl sites for hydroxylation is 2. The molecule has 0 saturated heterocycles. The lowest BCUT2D eigenvalue weighted by molar-refractivity contribution is -0.115. The first-order valence-corrected chi connectivity index (χ1v) is 26.7. The summed E-state index contributed by atoms with van der Waals surface area (Å²) in [6, 6.07) is 40.3. The summed E-state index contributed by atoms with van der Waals surface area (Å²) in [7, 11) is 11.3. The maximum absolute atomic E-state index is 12.3. The third kappa shape index (κ3) is 12.4. The van der Waals surface area contributed by atoms with Crippen molar-refractivity contribution in [1.29, 1.82) is 0 Å². The van der Waals surface area contributed by atoms with Crippen molar-refractivity contribution in [3.05, 3.63) is 149 Å². The van der Waals surface area contributed by atoms with E-state index in [1.54, 1.807) is 12.1 Å². The van der Waals surface area contributed by atoms with Gasteiger partial charge in [-0.15, -0.1) is 0 Å². The van der Waals surface area contributed by atoms with Gasteiger partial charge in [0.15, 0.2) is 0 Å². The van der Waals surface area contributed by atoms with Gasteiger partial charge in [0.05, 0.1) is 47.9 Å². The van der Waals surface area contributed by atoms with Crippen LogP contribution < -0.4 is 25.2 Å². The number of aliphatic hydroxyl groups is 1. The zero-order chi connectivity index (χ0) is 57.1. The van der Waals surface area contributed by atoms with Crippen LogP contribution in [-0.4, -0.2) is 71.3 Å². The van der Waals surface area contributed by atoms with Crippen LogP contribution in [-0.2, 0) is 40.6 Å². The molecular weight excluding hydrogens is 969 g/mol. The third-order valence-electron chi connectivity index (χ3n) is 14.5. The Bertz CT molecular complexity index is 3410. The molecule has 0 bridgehead atoms. The van der Waals surface area contributed by atoms with E-state index in [1.807, 2.05) is 92.1 Å². The van der Waals surface area contributed by atoms with Gasteiger partial charge in [0.2, 0.25) is 11.8 Å². The van der Waals surface area contributed by atoms with E-state index in [0.29, 0.717) is 39.8 Å². The molecule has 12 nitrogen and oxygen atoms in total. The fourth-order valence-electron chi connectivity index (χ4n) is 9.80. The Hall–Kier alpha value is -7.96. The van der Waals surface area contributed by atoms with Crippen molar-refractivity contribution in [2.24, 2.45) is 7.05 Å². The topological polar surface area (TPSA) is 130 Å². The molecule has 2 heterocycles. The second kappa shape index (κ2) is 23.3. The maximum atomic E-state index is 12.3. The lowest BCUT2D eigenvalue weighted by atomic mass is 9.86. The highest BCUT2D eigenvalue weighted by Crippen LogP contribution is 2.43. The molecule has 6 aromatic carbocycles. The van der Waals surface area contributed by atoms with Crippen LogP contribution in [0, 0.1) is 20.8 Å². The fraction of sp³-hybridized carbons (Fsp3) is 0.333. The van der Waals surface area contributed by atoms with Crippen molar-refractivity contribution in [3.8, 4) is 73.6 Å². The predicted octanol–water partition coefficient (Wildman–Crippen LogP) is 14.4. The molecule has 0 radical (unpaired) electrons. The number of imidazole rings is 2. The van der Waals surface area contributed by atoms with E-state index < -0.39 is 0 Å². The van der Waals surface area contributed by atoms with Crippen LogP contribution in [0.4, 0.5) is 22.7 Å². The molecule has 2 aromatic heterocycles. The lowest BCUT2D eigenvalue weighted by Gasteiger charge is -2.20. The summed E-state index contributed by atoms with van der Waals surface area (Å²) in [5.74, 6) is 1.59. The van der Waals surface area contributed by atoms with Gasteiger partial charge in [-0.05, 0) is 121 Å². The fourth-order valence-corrected chi connectivity index (χ4v) is 9.80. The number of carbonyl (C=O) groups is 2. The standard InChI is InChI=1S/C34H42N2.C32H38N6O4/c1-11-36-31(26-14-18-29(19-15-26)34(8,9)10)30(25-12-16-28(17-13-25)33(5,6)7)35-32(36)27-20-22(2)24(4)23(3)21-27;1-19(40)33-27-17-25(37(5)6)13-14-26(27)30-31(21-9-11-24(12-10-21)36(3)4)38(7)32(35-30)22-15-23(18-39)29(34-20(2)41)28(16-22)42-8/h12-21H,11H2,1-10H3;9-17,39H,18H2,1-8H3,(H,33,40)(H,34,41). The highest BCUT2D eigenvalue weighted by atomic mass is 16.5. The summed E-state index contributed by atoms with van der Waals surface area (Å²) in [5, 5.41) is 15.9. The van der Waals surface area contributed by atoms with E-state index in [2.05, 4.69) is 145 Å². The van der Waals surface area contributed by atoms with Gasteiger partial charge in [-0.3, -0.25) is 9.59 Å². The number of benzene rings is 6. The third-order valence-corrected chi connectivity index (χ3v) is 14.5. The van der Waals surface area contributed by atoms with Gasteiger partial charge in [-0.2, -0.15) is 0 Å². The van der Waals surface area contributed by atoms with Crippen LogP contribution >= 0.6 is 0 Å². The van der Waals surface area contributed by atoms with Gasteiger partial charge in [0.1, 0.15) is 17.4 Å². The van der Waals surface area contributed by atoms with Crippen molar-refractivity contribution in [2.45, 2.75) is 107 Å². The lowest BCUT2D eigenvalue weighted by Crippen LogP contribution is -2.11. The Labute approximate surface area is 463 Å². The van der Waals surface area contributed by atoms with Crippen molar-refractivity contribution >= 4 is 34.6 Å². The smallest absolute Gasteiger partial charge is 0.221 e. The molecule has 12 heteroatoms. The largest absolute Gasteiger partial charge is 0.495 e. The van der Waals surface area contributed by atoms with E-state index >= 15 is 0 Å². The number of hydrogen-bond donors (Lipinski definition) is 3. The van der Waals surface area contributed by atoms with Crippen LogP contribution in [0.1, 0.15) is 95.7 Å². The molecular formula is C66H80N8O4. The number of nitrogens with zero attached hydrogens (tertiary/aromatic N) is 6. The number of anilines is 4. The van der Waals surface area contributed by atoms with Crippen LogP contribution in [0.25, 0.3) is 67.8 Å². The monoisotopic (exact) mass is 1050 g/mol. The average molecular weight is 1050 g/mol. The predicted molar refractivity (Wildman–Crippen MR) is 325 cm³/mol. The maximum Gasteiger partial charge on any atom is 0.221 e. The highest BCUT2D eigenvalue weighted by molar-refractivity contribution is 5.98. The van der Waals surface area contributed by atoms with Gasteiger partial charge in [0.25, 0.3) is 0 Å². The Balaban J connectivity index is 0.000000229. The summed E-state index contributed by atoms with van der Waals surface area (Å²) in [5.41, 5.74) is 20.1. The van der Waals surface area contributed by atoms with Crippen LogP contribution in [0.15, 0.2) is 115 Å². The zero-order valence-corrected chi connectivity index (χ0v) is 49.2. The summed E-state index contributed by atoms with van der Waals surface area (Å²) in [6.07, 6.45) is 0. The molecule has 0 spiro atoms. The number of nitrogens with one attached hydrogen (secondary N) is 2. The van der Waals surface area contributed by atoms with Crippen molar-refractivity contribution in [1.82, 2.24) is 19.1 Å². The van der Waals surface area contributed by atoms with Gasteiger partial charge in [0, 0.05) is 106 Å². The molecule has 2 amide bonds. The van der Waals surface area contributed by atoms with E-state index in [9.17, 15) is 14.7 Å². The van der Waals surface area contributed by atoms with Gasteiger partial charge in [-0.1, -0.05) is 102 Å². The number of aliphatic hydroxyl groups excluding tert-OH is 1. The van der Waals surface area contributed by atoms with Crippen LogP contribution in [0.2, 0.25) is 0 Å². The zero-order valence-electron chi connectivity index (χ0n) is 49.2. The highest BCUT2D eigenvalue weighted by Gasteiger charge is 2.26. The molecule has 0 aliphatic heterocycles. The Morgan fingerprint density at radius 3 is 1.58 bits per heavy atom. The second-order valence-corrected chi connectivity index (χ2v) is 22.8. The van der Waals surface area contributed by atoms with Gasteiger partial charge >= 0.3 is 0 Å². The number of carbonyl (C=O) groups excluding carboxylic acids is 2. The summed E-state index contributed by atoms with van der Waals surface area (Å²) in [4.78, 5) is 38.6. The van der Waals surface area contributed by atoms with Crippen LogP contribution in [0.3, 0.4) is 0 Å². The molecule has 0 saturated carbocycles. The molecule has 0 aliphatic carbocycles. The molecule has 78 heavy (non-hydrogen) atoms. The van der Waals surface area contributed by atoms with E-state index in [1.165, 1.54) is 65.6 Å². The second-order valence-electron chi connectivity index (χ2n) is 22.8. The summed E-state index contributed by atoms with van der Waals surface area (Å²) < 4.78 is 9.99. The van der Waals surface area contributed by atoms with Crippen molar-refractivity contribution < 1.29 is 19.4 Å². The number of rotatable bonds is 13. The van der Waals surface area contributed by atoms with E-state index in [0.717, 1.165) is 51.8 Å². The Morgan fingerprint density at radius 2 is 1.09 bits per heavy atom. The normalized spacial score (nSPS) is 11.5. The minimum absolute atomic E-state index is 0.120. The molecule has 8 aromatic rings. The SMILES string of the molecule is CCn1c(-c2cc(C)c(C)c(C)c2)nc(-c2ccc(C(C)(C)C)cc2)c1-c1ccc(C(C)(C)C)cc1.COc1cc(-c2nc(-c3ccc(N(C)C)cc3NC(C)=O)c(-c3ccc(N(C)C)cc3)n2C)cc(CO)c1NC(C)=O. The number of methoxy groups -OCH3 is 1. The molecule has 0 aliphatic rings. The Morgan fingerprint density at radius 1 is 0.603 bits per heavy atom. The first kappa shape index (κ1) is 57.7. The Kier molecular flexibility index (Phi) is 17.3. The number of ether oxygens (including phenoxy) is 1. The average Bonchev–Trinajstić information content (AvgIpc) is 4.04. The number of amides is 2. The van der Waals surface area contributed by atoms with E-state index in [4.69, 9.17) is 14.7 Å². The quantitative estimate of drug-likeness (QED) is 0.104. The van der Waals surface area contributed by atoms with Crippen LogP contribution in [0.5, 0.6) is 5.75 Å².